The molecule has 35 heteroatoms. The van der Waals surface area contributed by atoms with Gasteiger partial charge in [0.15, 0.2) is 0 Å². The number of likely N-dealkylation sites (tertiary alicyclic amines) is 1. The monoisotopic (exact) mass is 1510 g/mol. The van der Waals surface area contributed by atoms with E-state index in [1.54, 1.807) is 18.2 Å². The number of nitrogens with two attached hydrogens (primary N) is 3. The van der Waals surface area contributed by atoms with Crippen molar-refractivity contribution in [3.63, 3.8) is 0 Å². The normalized spacial score (nSPS) is 18.5. The summed E-state index contributed by atoms with van der Waals surface area (Å²) < 4.78 is 6.54. The fourth-order valence-electron chi connectivity index (χ4n) is 12.0. The fourth-order valence-corrected chi connectivity index (χ4v) is 14.2. The summed E-state index contributed by atoms with van der Waals surface area (Å²) in [5.41, 5.74) is 31.5. The van der Waals surface area contributed by atoms with Gasteiger partial charge in [-0.25, -0.2) is 4.42 Å². The molecule has 7 atom stereocenters. The predicted octanol–water partition coefficient (Wildman–Crippen LogP) is 3.86. The Bertz CT molecular complexity index is 4360. The lowest BCUT2D eigenvalue weighted by Crippen LogP contribution is -2.61. The third-order valence-corrected chi connectivity index (χ3v) is 19.9. The summed E-state index contributed by atoms with van der Waals surface area (Å²) in [5, 5.41) is 38.5. The maximum atomic E-state index is 15.0. The van der Waals surface area contributed by atoms with Gasteiger partial charge in [-0.3, -0.25) is 57.5 Å². The molecule has 0 bridgehead atoms. The SMILES string of the molecule is CN(C)c1ccc2c(-c3ccc(N=C=S)cc3C(=O)NCCCCC(NC(=O)C3CCCN3C(=O)C3CSSCCC(=O)NC(Cc4ccc(O)cc4)C(=O)NC(Cc4ccc(N=[N+]=[N-])cc4)C(=O)NC(CCC(N)=O)C(=O)NC(CC(N)=O)C(=O)N3)C(=O)NCC(N)=O)c3ccc(N(C)C)cc3[o+]c2c1. The van der Waals surface area contributed by atoms with Crippen LogP contribution in [0.5, 0.6) is 5.75 Å². The smallest absolute Gasteiger partial charge is 0.363 e. The summed E-state index contributed by atoms with van der Waals surface area (Å²) >= 11 is 4.94. The highest BCUT2D eigenvalue weighted by molar-refractivity contribution is 8.76. The van der Waals surface area contributed by atoms with E-state index < -0.39 is 139 Å². The fraction of sp³-hybridized carbons (Fsp3) is 0.380. The van der Waals surface area contributed by atoms with Gasteiger partial charge in [0.1, 0.15) is 48.0 Å². The topological polar surface area (TPSA) is 482 Å². The van der Waals surface area contributed by atoms with Crippen molar-refractivity contribution >= 4 is 155 Å². The highest BCUT2D eigenvalue weighted by atomic mass is 33.1. The van der Waals surface area contributed by atoms with E-state index in [0.29, 0.717) is 33.5 Å². The number of aliphatic imine (C=N–C) groups is 1. The first kappa shape index (κ1) is 80.3. The number of hydrogen-bond acceptors (Lipinski definition) is 20. The number of rotatable bonds is 26. The molecular weight excluding hydrogens is 1430 g/mol. The van der Waals surface area contributed by atoms with E-state index in [0.717, 1.165) is 49.3 Å². The van der Waals surface area contributed by atoms with Gasteiger partial charge in [0.2, 0.25) is 65.0 Å². The number of anilines is 2. The van der Waals surface area contributed by atoms with E-state index in [2.05, 4.69) is 62.7 Å². The van der Waals surface area contributed by atoms with Gasteiger partial charge in [0, 0.05) is 112 Å². The zero-order valence-electron chi connectivity index (χ0n) is 58.5. The Labute approximate surface area is 622 Å². The summed E-state index contributed by atoms with van der Waals surface area (Å²) in [4.78, 5) is 179. The first-order valence-electron chi connectivity index (χ1n) is 33.8. The molecule has 558 valence electrons. The van der Waals surface area contributed by atoms with Crippen molar-refractivity contribution in [1.82, 2.24) is 47.4 Å². The molecule has 5 aromatic carbocycles. The molecule has 15 N–H and O–H groups in total. The number of azide groups is 1. The minimum Gasteiger partial charge on any atom is -0.508 e. The number of aromatic hydroxyl groups is 1. The lowest BCUT2D eigenvalue weighted by Gasteiger charge is -2.31. The van der Waals surface area contributed by atoms with Crippen LogP contribution in [0.25, 0.3) is 43.5 Å². The van der Waals surface area contributed by atoms with Crippen molar-refractivity contribution < 1.29 is 67.1 Å². The number of thiocarbonyl (C=S) groups is 1. The molecule has 106 heavy (non-hydrogen) atoms. The zero-order valence-corrected chi connectivity index (χ0v) is 61.0. The molecule has 3 heterocycles. The van der Waals surface area contributed by atoms with Gasteiger partial charge in [-0.2, -0.15) is 4.99 Å². The Morgan fingerprint density at radius 1 is 0.717 bits per heavy atom. The van der Waals surface area contributed by atoms with Gasteiger partial charge in [-0.15, -0.1) is 0 Å². The maximum Gasteiger partial charge on any atom is 0.363 e. The Kier molecular flexibility index (Phi) is 29.1. The number of isothiocyanates is 1. The number of benzene rings is 5. The van der Waals surface area contributed by atoms with Crippen molar-refractivity contribution in [2.75, 3.05) is 69.1 Å². The van der Waals surface area contributed by atoms with Crippen LogP contribution in [0.3, 0.4) is 0 Å². The van der Waals surface area contributed by atoms with Gasteiger partial charge in [-0.1, -0.05) is 69.2 Å². The molecule has 12 amide bonds. The lowest BCUT2D eigenvalue weighted by atomic mass is 9.92. The van der Waals surface area contributed by atoms with Crippen LogP contribution in [-0.4, -0.2) is 188 Å². The van der Waals surface area contributed by atoms with Crippen LogP contribution in [-0.2, 0) is 65.6 Å². The van der Waals surface area contributed by atoms with E-state index in [1.165, 1.54) is 53.4 Å². The van der Waals surface area contributed by atoms with E-state index in [1.807, 2.05) is 74.4 Å². The molecule has 32 nitrogen and oxygen atoms in total. The molecule has 0 aliphatic carbocycles. The molecule has 1 aromatic heterocycles. The highest BCUT2D eigenvalue weighted by Gasteiger charge is 2.41. The molecule has 0 spiro atoms. The summed E-state index contributed by atoms with van der Waals surface area (Å²) in [7, 11) is 9.79. The van der Waals surface area contributed by atoms with Crippen LogP contribution < -0.4 is 69.5 Å². The van der Waals surface area contributed by atoms with E-state index >= 15 is 4.79 Å². The average Bonchev–Trinajstić information content (AvgIpc) is 0.842. The van der Waals surface area contributed by atoms with Gasteiger partial charge < -0.3 is 79.5 Å². The first-order chi connectivity index (χ1) is 50.7. The number of unbranched alkanes of at least 4 members (excludes halogenated alkanes) is 1. The number of carbonyl (C=O) groups excluding carboxylic acids is 12. The molecule has 2 aliphatic rings. The second kappa shape index (κ2) is 38.4. The standard InChI is InChI=1S/C71H82N18O14S3/c1-87(2)43-17-22-47-57(33-43)103-58-34-44(88(3)4)18-23-48(58)63(47)46-21-16-42(78-38-104)32-49(46)64(95)76-27-6-5-8-50(65(96)77-36-61(74)93)81-70(101)56-9-7-28-89(56)71(102)55-37-106-105-29-26-62(94)79-52(30-40-12-19-45(90)20-13-40)67(98)82-53(31-39-10-14-41(15-11-39)85-86-75)68(99)80-51(24-25-59(72)91)66(97)83-54(35-60(73)92)69(100)84-55/h10-23,32-34,50-56H,5-9,24-31,35-37H2,1-4H3,(H14-,72,73,74,76,77,79,80,81,82,83,84,90,91,92,93,94,95,96,97,98,99,100,101)/p+1. The van der Waals surface area contributed by atoms with Gasteiger partial charge >= 0.3 is 11.2 Å². The zero-order chi connectivity index (χ0) is 76.7. The number of fused-ring (bicyclic) bond motifs is 2. The Morgan fingerprint density at radius 3 is 1.92 bits per heavy atom. The van der Waals surface area contributed by atoms with Gasteiger partial charge in [0.25, 0.3) is 5.91 Å². The number of nitrogens with zero attached hydrogens (tertiary/aromatic N) is 7. The average molecular weight is 1510 g/mol. The molecule has 0 saturated carbocycles. The van der Waals surface area contributed by atoms with Gasteiger partial charge in [-0.05, 0) is 121 Å². The number of phenolic OH excluding ortho intramolecular Hbond substituents is 1. The van der Waals surface area contributed by atoms with E-state index in [9.17, 15) is 57.8 Å². The van der Waals surface area contributed by atoms with Crippen molar-refractivity contribution in [1.29, 1.82) is 0 Å². The second-order valence-electron chi connectivity index (χ2n) is 25.6. The number of primary amides is 3. The molecular formula is C71H83N18O14S3+. The molecule has 2 fully saturated rings. The molecule has 6 aromatic rings. The Hall–Kier alpha value is -11.4. The second-order valence-corrected chi connectivity index (χ2v) is 28.4. The van der Waals surface area contributed by atoms with E-state index in [4.69, 9.17) is 39.4 Å². The largest absolute Gasteiger partial charge is 0.508 e. The van der Waals surface area contributed by atoms with Crippen LogP contribution in [0.2, 0.25) is 0 Å². The highest BCUT2D eigenvalue weighted by Crippen LogP contribution is 2.41. The summed E-state index contributed by atoms with van der Waals surface area (Å²) in [6.07, 6.45) is -1.72. The summed E-state index contributed by atoms with van der Waals surface area (Å²) in [5.74, 6) is -10.8. The Balaban J connectivity index is 1.01. The number of nitrogens with one attached hydrogen (secondary N) is 8. The summed E-state index contributed by atoms with van der Waals surface area (Å²) in [6.45, 7) is -0.547. The van der Waals surface area contributed by atoms with Crippen LogP contribution in [0.1, 0.15) is 79.3 Å². The molecule has 8 rings (SSSR count). The molecule has 0 radical (unpaired) electrons. The minimum atomic E-state index is -1.85. The predicted molar refractivity (Wildman–Crippen MR) is 404 cm³/mol. The van der Waals surface area contributed by atoms with Crippen LogP contribution >= 0.6 is 33.8 Å². The van der Waals surface area contributed by atoms with Crippen molar-refractivity contribution in [3.8, 4) is 16.9 Å². The molecule has 2 saturated heterocycles. The molecule has 2 aliphatic heterocycles. The lowest BCUT2D eigenvalue weighted by molar-refractivity contribution is -0.142. The Morgan fingerprint density at radius 2 is 1.31 bits per heavy atom. The number of phenols is 1. The van der Waals surface area contributed by atoms with E-state index in [-0.39, 0.29) is 93.0 Å². The summed E-state index contributed by atoms with van der Waals surface area (Å²) in [6, 6.07) is 17.9. The van der Waals surface area contributed by atoms with Crippen LogP contribution in [0, 0.1) is 0 Å². The number of amides is 12. The van der Waals surface area contributed by atoms with Crippen molar-refractivity contribution in [3.05, 3.63) is 130 Å². The maximum absolute atomic E-state index is 15.0. The van der Waals surface area contributed by atoms with Crippen LogP contribution in [0.4, 0.5) is 22.7 Å². The number of carbonyl (C=O) groups is 12. The third kappa shape index (κ3) is 22.6. The van der Waals surface area contributed by atoms with Gasteiger partial charge in [0.05, 0.1) is 46.7 Å². The first-order valence-corrected chi connectivity index (χ1v) is 36.7. The van der Waals surface area contributed by atoms with Crippen molar-refractivity contribution in [2.45, 2.75) is 113 Å². The minimum absolute atomic E-state index is 0.0353. The number of hydrogen-bond donors (Lipinski definition) is 12. The molecule has 7 unspecified atom stereocenters. The van der Waals surface area contributed by atoms with Crippen LogP contribution in [0.15, 0.2) is 118 Å². The quantitative estimate of drug-likeness (QED) is 0.00422. The third-order valence-electron chi connectivity index (χ3n) is 17.4. The van der Waals surface area contributed by atoms with Crippen molar-refractivity contribution in [2.24, 2.45) is 27.3 Å².